The number of carbonyl (C=O) groups is 1. The van der Waals surface area contributed by atoms with Gasteiger partial charge in [0.2, 0.25) is 0 Å². The first-order valence-corrected chi connectivity index (χ1v) is 8.16. The fourth-order valence-electron chi connectivity index (χ4n) is 2.16. The third-order valence-electron chi connectivity index (χ3n) is 3.31. The molecule has 1 N–H and O–H groups in total. The molecule has 2 rings (SSSR count). The molecule has 0 bridgehead atoms. The summed E-state index contributed by atoms with van der Waals surface area (Å²) in [5.74, 6) is -0.643. The summed E-state index contributed by atoms with van der Waals surface area (Å²) in [6.07, 6.45) is 1.18. The number of carboxylic acid groups (broad SMARTS) is 1. The highest BCUT2D eigenvalue weighted by Crippen LogP contribution is 2.19. The molecule has 0 saturated carbocycles. The second-order valence-corrected chi connectivity index (χ2v) is 5.47. The molecule has 2 aromatic rings. The van der Waals surface area contributed by atoms with E-state index in [0.29, 0.717) is 22.4 Å². The smallest absolute Gasteiger partial charge is 0.358 e. The zero-order valence-electron chi connectivity index (χ0n) is 14.0. The van der Waals surface area contributed by atoms with Gasteiger partial charge in [-0.25, -0.2) is 4.79 Å². The monoisotopic (exact) mass is 377 g/mol. The van der Waals surface area contributed by atoms with Crippen molar-refractivity contribution < 1.29 is 23.9 Å². The van der Waals surface area contributed by atoms with Crippen molar-refractivity contribution in [1.82, 2.24) is 0 Å². The maximum Gasteiger partial charge on any atom is 0.358 e. The number of aliphatic carboxylic acids is 1. The number of benzene rings is 2. The minimum absolute atomic E-state index is 0.133. The molecule has 136 valence electrons. The minimum atomic E-state index is -1.19. The molecular formula is C19H17ClFNO4. The summed E-state index contributed by atoms with van der Waals surface area (Å²) in [4.78, 5) is 16.4. The van der Waals surface area contributed by atoms with Gasteiger partial charge in [-0.3, -0.25) is 0 Å². The fourth-order valence-corrected chi connectivity index (χ4v) is 2.28. The zero-order chi connectivity index (χ0) is 18.9. The van der Waals surface area contributed by atoms with E-state index in [2.05, 4.69) is 5.16 Å². The van der Waals surface area contributed by atoms with E-state index in [0.717, 1.165) is 0 Å². The predicted molar refractivity (Wildman–Crippen MR) is 98.0 cm³/mol. The number of carboxylic acids is 1. The first-order chi connectivity index (χ1) is 12.5. The maximum absolute atomic E-state index is 12.7. The molecule has 0 radical (unpaired) electrons. The maximum atomic E-state index is 12.7. The standard InChI is InChI=1S/C19H17ClFNO4/c1-2-26-22-18(19(23)24)16-6-4-3-5-14(16)12-25-15-9-7-13(8-10-15)11-17(20)21/h3-11H,2,12H2,1H3,(H,23,24). The van der Waals surface area contributed by atoms with E-state index in [1.165, 1.54) is 6.08 Å². The second-order valence-electron chi connectivity index (χ2n) is 5.11. The van der Waals surface area contributed by atoms with Gasteiger partial charge in [0.05, 0.1) is 0 Å². The van der Waals surface area contributed by atoms with Gasteiger partial charge in [-0.1, -0.05) is 53.2 Å². The van der Waals surface area contributed by atoms with Crippen LogP contribution in [0.4, 0.5) is 4.39 Å². The Kier molecular flexibility index (Phi) is 7.17. The largest absolute Gasteiger partial charge is 0.489 e. The first-order valence-electron chi connectivity index (χ1n) is 7.78. The Bertz CT molecular complexity index is 815. The van der Waals surface area contributed by atoms with E-state index in [-0.39, 0.29) is 18.9 Å². The van der Waals surface area contributed by atoms with Gasteiger partial charge in [-0.05, 0) is 36.3 Å². The molecule has 0 aliphatic heterocycles. The summed E-state index contributed by atoms with van der Waals surface area (Å²) in [5.41, 5.74) is 1.47. The van der Waals surface area contributed by atoms with Crippen LogP contribution in [0, 0.1) is 0 Å². The average molecular weight is 378 g/mol. The van der Waals surface area contributed by atoms with Gasteiger partial charge in [0.15, 0.2) is 11.0 Å². The molecule has 0 unspecified atom stereocenters. The van der Waals surface area contributed by atoms with E-state index < -0.39 is 11.3 Å². The summed E-state index contributed by atoms with van der Waals surface area (Å²) in [6, 6.07) is 13.5. The predicted octanol–water partition coefficient (Wildman–Crippen LogP) is 4.60. The lowest BCUT2D eigenvalue weighted by Crippen LogP contribution is -2.18. The van der Waals surface area contributed by atoms with Crippen LogP contribution in [0.5, 0.6) is 5.75 Å². The van der Waals surface area contributed by atoms with Crippen molar-refractivity contribution in [2.45, 2.75) is 13.5 Å². The van der Waals surface area contributed by atoms with Crippen LogP contribution in [0.1, 0.15) is 23.6 Å². The lowest BCUT2D eigenvalue weighted by atomic mass is 10.0. The van der Waals surface area contributed by atoms with Crippen molar-refractivity contribution in [3.05, 3.63) is 70.5 Å². The van der Waals surface area contributed by atoms with Crippen LogP contribution < -0.4 is 4.74 Å². The highest BCUT2D eigenvalue weighted by molar-refractivity contribution is 6.42. The van der Waals surface area contributed by atoms with Gasteiger partial charge in [0, 0.05) is 5.56 Å². The molecule has 7 heteroatoms. The summed E-state index contributed by atoms with van der Waals surface area (Å²) in [7, 11) is 0. The van der Waals surface area contributed by atoms with Crippen LogP contribution in [-0.2, 0) is 16.2 Å². The van der Waals surface area contributed by atoms with Crippen LogP contribution >= 0.6 is 11.6 Å². The zero-order valence-corrected chi connectivity index (χ0v) is 14.7. The van der Waals surface area contributed by atoms with Crippen molar-refractivity contribution in [3.63, 3.8) is 0 Å². The molecule has 26 heavy (non-hydrogen) atoms. The van der Waals surface area contributed by atoms with Crippen LogP contribution in [0.3, 0.4) is 0 Å². The van der Waals surface area contributed by atoms with E-state index >= 15 is 0 Å². The fraction of sp³-hybridized carbons (Fsp3) is 0.158. The molecule has 0 aliphatic carbocycles. The van der Waals surface area contributed by atoms with E-state index in [1.807, 2.05) is 0 Å². The Morgan fingerprint density at radius 2 is 1.92 bits per heavy atom. The molecular weight excluding hydrogens is 361 g/mol. The number of ether oxygens (including phenoxy) is 1. The highest BCUT2D eigenvalue weighted by Gasteiger charge is 2.17. The van der Waals surface area contributed by atoms with E-state index in [4.69, 9.17) is 21.2 Å². The number of hydrogen-bond acceptors (Lipinski definition) is 4. The van der Waals surface area contributed by atoms with Crippen molar-refractivity contribution in [3.8, 4) is 5.75 Å². The number of rotatable bonds is 8. The summed E-state index contributed by atoms with van der Waals surface area (Å²) < 4.78 is 18.3. The Balaban J connectivity index is 2.17. The lowest BCUT2D eigenvalue weighted by Gasteiger charge is -2.11. The van der Waals surface area contributed by atoms with Crippen molar-refractivity contribution in [1.29, 1.82) is 0 Å². The molecule has 0 amide bonds. The highest BCUT2D eigenvalue weighted by atomic mass is 35.5. The lowest BCUT2D eigenvalue weighted by molar-refractivity contribution is -0.129. The third kappa shape index (κ3) is 5.60. The molecule has 2 aromatic carbocycles. The molecule has 0 fully saturated rings. The second kappa shape index (κ2) is 9.58. The van der Waals surface area contributed by atoms with Crippen LogP contribution in [0.15, 0.2) is 59.0 Å². The first kappa shape index (κ1) is 19.5. The summed E-state index contributed by atoms with van der Waals surface area (Å²) in [6.45, 7) is 2.11. The number of oxime groups is 1. The number of hydrogen-bond donors (Lipinski definition) is 1. The van der Waals surface area contributed by atoms with Crippen LogP contribution in [0.2, 0.25) is 0 Å². The minimum Gasteiger partial charge on any atom is -0.489 e. The van der Waals surface area contributed by atoms with Gasteiger partial charge in [0.1, 0.15) is 19.0 Å². The Labute approximate surface area is 155 Å². The van der Waals surface area contributed by atoms with E-state index in [1.54, 1.807) is 55.5 Å². The molecule has 5 nitrogen and oxygen atoms in total. The van der Waals surface area contributed by atoms with Crippen molar-refractivity contribution in [2.24, 2.45) is 5.16 Å². The summed E-state index contributed by atoms with van der Waals surface area (Å²) in [5, 5.41) is 12.2. The van der Waals surface area contributed by atoms with Gasteiger partial charge < -0.3 is 14.7 Å². The molecule has 0 aromatic heterocycles. The quantitative estimate of drug-likeness (QED) is 0.539. The normalized spacial score (nSPS) is 12.0. The Hall–Kier alpha value is -2.86. The van der Waals surface area contributed by atoms with Crippen molar-refractivity contribution >= 4 is 29.4 Å². The van der Waals surface area contributed by atoms with Gasteiger partial charge in [0.25, 0.3) is 0 Å². The van der Waals surface area contributed by atoms with Gasteiger partial charge in [-0.2, -0.15) is 4.39 Å². The Morgan fingerprint density at radius 1 is 1.23 bits per heavy atom. The third-order valence-corrected chi connectivity index (χ3v) is 3.42. The Morgan fingerprint density at radius 3 is 2.54 bits per heavy atom. The van der Waals surface area contributed by atoms with Crippen LogP contribution in [-0.4, -0.2) is 23.4 Å². The molecule has 0 saturated heterocycles. The van der Waals surface area contributed by atoms with Crippen molar-refractivity contribution in [2.75, 3.05) is 6.61 Å². The molecule has 0 aliphatic rings. The SMILES string of the molecule is CCON=C(C(=O)O)c1ccccc1COc1ccc(C=C(F)Cl)cc1. The topological polar surface area (TPSA) is 68.1 Å². The van der Waals surface area contributed by atoms with E-state index in [9.17, 15) is 14.3 Å². The molecule has 0 heterocycles. The molecule has 0 spiro atoms. The number of nitrogens with zero attached hydrogens (tertiary/aromatic N) is 1. The van der Waals surface area contributed by atoms with Gasteiger partial charge >= 0.3 is 5.97 Å². The molecule has 0 atom stereocenters. The average Bonchev–Trinajstić information content (AvgIpc) is 2.61. The number of halogens is 2. The van der Waals surface area contributed by atoms with Crippen LogP contribution in [0.25, 0.3) is 6.08 Å². The summed E-state index contributed by atoms with van der Waals surface area (Å²) >= 11 is 5.20. The van der Waals surface area contributed by atoms with Gasteiger partial charge in [-0.15, -0.1) is 0 Å².